The van der Waals surface area contributed by atoms with Crippen LogP contribution in [0.25, 0.3) is 11.1 Å². The Hall–Kier alpha value is -2.23. The highest BCUT2D eigenvalue weighted by Gasteiger charge is 2.27. The van der Waals surface area contributed by atoms with Gasteiger partial charge in [-0.25, -0.2) is 4.79 Å². The van der Waals surface area contributed by atoms with Gasteiger partial charge < -0.3 is 36.3 Å². The van der Waals surface area contributed by atoms with Gasteiger partial charge in [0.1, 0.15) is 5.69 Å². The first-order valence-electron chi connectivity index (χ1n) is 8.23. The average Bonchev–Trinajstić information content (AvgIpc) is 3.00. The molecule has 0 amide bonds. The van der Waals surface area contributed by atoms with Crippen molar-refractivity contribution in [3.8, 4) is 11.1 Å². The Kier molecular flexibility index (Phi) is 6.52. The standard InChI is InChI=1S/C18H24N2O6/c1-9(24)15-16(14(4-5-19)20-17(15)18(25)26)11-3-2-10(6-21)12(7-22)13(11)8-23/h2-3,9,20-24H,4-8,19H2,1H3,(H,25,26). The predicted octanol–water partition coefficient (Wildman–Crippen LogP) is 0.411. The quantitative estimate of drug-likeness (QED) is 0.357. The lowest BCUT2D eigenvalue weighted by atomic mass is 9.88. The largest absolute Gasteiger partial charge is 0.477 e. The van der Waals surface area contributed by atoms with E-state index in [9.17, 15) is 30.3 Å². The van der Waals surface area contributed by atoms with Gasteiger partial charge in [-0.2, -0.15) is 0 Å². The predicted molar refractivity (Wildman–Crippen MR) is 94.3 cm³/mol. The average molecular weight is 364 g/mol. The number of aliphatic hydroxyl groups is 4. The topological polar surface area (TPSA) is 160 Å². The first-order valence-corrected chi connectivity index (χ1v) is 8.23. The molecule has 0 spiro atoms. The van der Waals surface area contributed by atoms with E-state index in [1.807, 2.05) is 0 Å². The van der Waals surface area contributed by atoms with Crippen LogP contribution in [0.15, 0.2) is 12.1 Å². The van der Waals surface area contributed by atoms with Crippen molar-refractivity contribution in [3.05, 3.63) is 45.8 Å². The zero-order valence-electron chi connectivity index (χ0n) is 14.5. The third-order valence-electron chi connectivity index (χ3n) is 4.43. The maximum atomic E-state index is 11.6. The highest BCUT2D eigenvalue weighted by molar-refractivity contribution is 5.92. The van der Waals surface area contributed by atoms with Gasteiger partial charge in [0.2, 0.25) is 0 Å². The summed E-state index contributed by atoms with van der Waals surface area (Å²) in [5, 5.41) is 48.7. The second-order valence-corrected chi connectivity index (χ2v) is 5.99. The first kappa shape index (κ1) is 20.1. The zero-order valence-corrected chi connectivity index (χ0v) is 14.5. The SMILES string of the molecule is CC(O)c1c(C(=O)O)[nH]c(CCN)c1-c1ccc(CO)c(CO)c1CO. The number of aromatic amines is 1. The monoisotopic (exact) mass is 364 g/mol. The number of hydrogen-bond donors (Lipinski definition) is 7. The van der Waals surface area contributed by atoms with Crippen LogP contribution in [-0.2, 0) is 26.2 Å². The lowest BCUT2D eigenvalue weighted by Gasteiger charge is -2.18. The fourth-order valence-electron chi connectivity index (χ4n) is 3.30. The fraction of sp³-hybridized carbons (Fsp3) is 0.389. The lowest BCUT2D eigenvalue weighted by molar-refractivity contribution is 0.0684. The number of aromatic carboxylic acids is 1. The van der Waals surface area contributed by atoms with Crippen molar-refractivity contribution in [1.82, 2.24) is 4.98 Å². The van der Waals surface area contributed by atoms with Gasteiger partial charge in [-0.3, -0.25) is 0 Å². The van der Waals surface area contributed by atoms with Crippen LogP contribution in [0.2, 0.25) is 0 Å². The second kappa shape index (κ2) is 8.43. The highest BCUT2D eigenvalue weighted by Crippen LogP contribution is 2.38. The number of carbonyl (C=O) groups is 1. The molecule has 8 N–H and O–H groups in total. The van der Waals surface area contributed by atoms with Crippen LogP contribution in [0.4, 0.5) is 0 Å². The van der Waals surface area contributed by atoms with Gasteiger partial charge in [-0.1, -0.05) is 12.1 Å². The molecule has 2 aromatic rings. The van der Waals surface area contributed by atoms with E-state index >= 15 is 0 Å². The molecule has 142 valence electrons. The van der Waals surface area contributed by atoms with Crippen LogP contribution in [0.5, 0.6) is 0 Å². The molecule has 2 rings (SSSR count). The van der Waals surface area contributed by atoms with E-state index in [2.05, 4.69) is 4.98 Å². The van der Waals surface area contributed by atoms with E-state index in [1.165, 1.54) is 6.92 Å². The molecule has 0 saturated heterocycles. The number of H-pyrrole nitrogens is 1. The van der Waals surface area contributed by atoms with Crippen molar-refractivity contribution in [2.24, 2.45) is 5.73 Å². The van der Waals surface area contributed by atoms with Crippen LogP contribution in [-0.4, -0.2) is 43.0 Å². The molecule has 0 radical (unpaired) electrons. The number of rotatable bonds is 8. The number of nitrogens with two attached hydrogens (primary N) is 1. The summed E-state index contributed by atoms with van der Waals surface area (Å²) in [5.41, 5.74) is 8.36. The number of nitrogens with one attached hydrogen (secondary N) is 1. The molecule has 8 heteroatoms. The van der Waals surface area contributed by atoms with Gasteiger partial charge in [0.05, 0.1) is 25.9 Å². The Morgan fingerprint density at radius 3 is 2.27 bits per heavy atom. The Labute approximate surface area is 150 Å². The number of carboxylic acid groups (broad SMARTS) is 1. The first-order chi connectivity index (χ1) is 12.4. The van der Waals surface area contributed by atoms with E-state index in [0.717, 1.165) is 0 Å². The number of carboxylic acids is 1. The van der Waals surface area contributed by atoms with Gasteiger partial charge in [0.25, 0.3) is 0 Å². The molecular formula is C18H24N2O6. The van der Waals surface area contributed by atoms with Crippen molar-refractivity contribution >= 4 is 5.97 Å². The number of benzene rings is 1. The maximum Gasteiger partial charge on any atom is 0.352 e. The summed E-state index contributed by atoms with van der Waals surface area (Å²) in [4.78, 5) is 14.4. The smallest absolute Gasteiger partial charge is 0.352 e. The molecule has 0 aliphatic heterocycles. The summed E-state index contributed by atoms with van der Waals surface area (Å²) in [5.74, 6) is -1.22. The van der Waals surface area contributed by atoms with E-state index in [1.54, 1.807) is 12.1 Å². The molecule has 0 saturated carbocycles. The third-order valence-corrected chi connectivity index (χ3v) is 4.43. The summed E-state index contributed by atoms with van der Waals surface area (Å²) >= 11 is 0. The molecule has 1 heterocycles. The molecule has 1 aromatic heterocycles. The number of aliphatic hydroxyl groups excluding tert-OH is 4. The van der Waals surface area contributed by atoms with Crippen molar-refractivity contribution in [1.29, 1.82) is 0 Å². The van der Waals surface area contributed by atoms with E-state index < -0.39 is 25.3 Å². The summed E-state index contributed by atoms with van der Waals surface area (Å²) in [6.07, 6.45) is -0.746. The molecule has 1 unspecified atom stereocenters. The van der Waals surface area contributed by atoms with Crippen LogP contribution in [0.3, 0.4) is 0 Å². The normalized spacial score (nSPS) is 12.4. The zero-order chi connectivity index (χ0) is 19.4. The molecule has 1 atom stereocenters. The Morgan fingerprint density at radius 1 is 1.15 bits per heavy atom. The van der Waals surface area contributed by atoms with E-state index in [4.69, 9.17) is 5.73 Å². The third kappa shape index (κ3) is 3.50. The van der Waals surface area contributed by atoms with E-state index in [0.29, 0.717) is 39.9 Å². The van der Waals surface area contributed by atoms with Crippen molar-refractivity contribution < 1.29 is 30.3 Å². The summed E-state index contributed by atoms with van der Waals surface area (Å²) < 4.78 is 0. The van der Waals surface area contributed by atoms with E-state index in [-0.39, 0.29) is 24.4 Å². The minimum atomic E-state index is -1.22. The maximum absolute atomic E-state index is 11.6. The summed E-state index contributed by atoms with van der Waals surface area (Å²) in [6, 6.07) is 3.24. The van der Waals surface area contributed by atoms with Crippen molar-refractivity contribution in [2.75, 3.05) is 6.54 Å². The summed E-state index contributed by atoms with van der Waals surface area (Å²) in [6.45, 7) is 0.580. The van der Waals surface area contributed by atoms with Crippen LogP contribution in [0, 0.1) is 0 Å². The van der Waals surface area contributed by atoms with Crippen molar-refractivity contribution in [3.63, 3.8) is 0 Å². The molecule has 8 nitrogen and oxygen atoms in total. The van der Waals surface area contributed by atoms with Crippen LogP contribution < -0.4 is 5.73 Å². The molecule has 26 heavy (non-hydrogen) atoms. The summed E-state index contributed by atoms with van der Waals surface area (Å²) in [7, 11) is 0. The molecule has 0 fully saturated rings. The Morgan fingerprint density at radius 2 is 1.81 bits per heavy atom. The number of hydrogen-bond acceptors (Lipinski definition) is 6. The molecule has 1 aromatic carbocycles. The minimum absolute atomic E-state index is 0.140. The van der Waals surface area contributed by atoms with Gasteiger partial charge in [0, 0.05) is 23.2 Å². The molecule has 0 aliphatic carbocycles. The second-order valence-electron chi connectivity index (χ2n) is 5.99. The molecule has 0 bridgehead atoms. The highest BCUT2D eigenvalue weighted by atomic mass is 16.4. The van der Waals surface area contributed by atoms with Crippen LogP contribution in [0.1, 0.15) is 51.5 Å². The molecule has 0 aliphatic rings. The van der Waals surface area contributed by atoms with Gasteiger partial charge in [-0.05, 0) is 35.7 Å². The lowest BCUT2D eigenvalue weighted by Crippen LogP contribution is -2.08. The van der Waals surface area contributed by atoms with Gasteiger partial charge in [-0.15, -0.1) is 0 Å². The van der Waals surface area contributed by atoms with Gasteiger partial charge >= 0.3 is 5.97 Å². The number of aromatic nitrogens is 1. The fourth-order valence-corrected chi connectivity index (χ4v) is 3.30. The molecular weight excluding hydrogens is 340 g/mol. The van der Waals surface area contributed by atoms with Gasteiger partial charge in [0.15, 0.2) is 0 Å². The van der Waals surface area contributed by atoms with Crippen molar-refractivity contribution in [2.45, 2.75) is 39.3 Å². The Balaban J connectivity index is 2.88. The minimum Gasteiger partial charge on any atom is -0.477 e. The van der Waals surface area contributed by atoms with Crippen LogP contribution >= 0.6 is 0 Å². The Bertz CT molecular complexity index is 797.